The maximum Gasteiger partial charge on any atom is 0.183 e. The van der Waals surface area contributed by atoms with E-state index in [9.17, 15) is 4.79 Å². The van der Waals surface area contributed by atoms with E-state index in [2.05, 4.69) is 20.9 Å². The monoisotopic (exact) mass is 311 g/mol. The van der Waals surface area contributed by atoms with Crippen molar-refractivity contribution in [2.24, 2.45) is 0 Å². The number of carbonyl (C=O) groups excluding carboxylic acids is 1. The second-order valence-corrected chi connectivity index (χ2v) is 4.51. The van der Waals surface area contributed by atoms with Crippen LogP contribution in [0.15, 0.2) is 16.7 Å². The summed E-state index contributed by atoms with van der Waals surface area (Å²) in [6.07, 6.45) is 0. The number of carbonyl (C=O) groups is 1. The van der Waals surface area contributed by atoms with Crippen molar-refractivity contribution in [3.63, 3.8) is 0 Å². The molecule has 1 aromatic heterocycles. The number of methoxy groups -OCH3 is 1. The van der Waals surface area contributed by atoms with Gasteiger partial charge < -0.3 is 4.74 Å². The van der Waals surface area contributed by atoms with Crippen molar-refractivity contribution >= 4 is 44.9 Å². The zero-order valence-corrected chi connectivity index (χ0v) is 10.9. The summed E-state index contributed by atoms with van der Waals surface area (Å²) in [5.74, 6) is -0.233. The second kappa shape index (κ2) is 5.80. The first-order valence-corrected chi connectivity index (χ1v) is 5.65. The molecule has 15 heavy (non-hydrogen) atoms. The van der Waals surface area contributed by atoms with E-state index in [1.54, 1.807) is 6.07 Å². The Morgan fingerprint density at radius 3 is 2.87 bits per heavy atom. The lowest BCUT2D eigenvalue weighted by Gasteiger charge is -2.07. The predicted molar refractivity (Wildman–Crippen MR) is 62.8 cm³/mol. The van der Waals surface area contributed by atoms with Crippen molar-refractivity contribution < 1.29 is 9.53 Å². The summed E-state index contributed by atoms with van der Waals surface area (Å²) in [7, 11) is 1.48. The molecule has 0 aromatic carbocycles. The van der Waals surface area contributed by atoms with Gasteiger partial charge in [-0.1, -0.05) is 11.6 Å². The molecule has 1 heterocycles. The quantitative estimate of drug-likeness (QED) is 0.487. The van der Waals surface area contributed by atoms with E-state index < -0.39 is 5.38 Å². The molecule has 1 aromatic rings. The molecule has 1 rings (SSSR count). The standard InChI is InChI=1S/C9H8BrCl2NO2/c1-15-4-6(11)9(14)5-2-7(10)13-8(12)3-5/h2-3,6H,4H2,1H3. The lowest BCUT2D eigenvalue weighted by atomic mass is 10.1. The Bertz CT molecular complexity index is 353. The molecule has 3 nitrogen and oxygen atoms in total. The lowest BCUT2D eigenvalue weighted by molar-refractivity contribution is 0.0939. The molecule has 0 spiro atoms. The molecule has 0 radical (unpaired) electrons. The van der Waals surface area contributed by atoms with Gasteiger partial charge >= 0.3 is 0 Å². The smallest absolute Gasteiger partial charge is 0.183 e. The Morgan fingerprint density at radius 2 is 2.33 bits per heavy atom. The van der Waals surface area contributed by atoms with Gasteiger partial charge in [0.1, 0.15) is 15.1 Å². The Labute approximate surface area is 106 Å². The van der Waals surface area contributed by atoms with Crippen LogP contribution in [0.5, 0.6) is 0 Å². The molecule has 0 fully saturated rings. The summed E-state index contributed by atoms with van der Waals surface area (Å²) in [6.45, 7) is 0.165. The van der Waals surface area contributed by atoms with Gasteiger partial charge in [0.05, 0.1) is 6.61 Å². The Hall–Kier alpha value is -0.160. The summed E-state index contributed by atoms with van der Waals surface area (Å²) in [5, 5.41) is -0.464. The summed E-state index contributed by atoms with van der Waals surface area (Å²) in [4.78, 5) is 15.6. The number of alkyl halides is 1. The van der Waals surface area contributed by atoms with E-state index in [1.807, 2.05) is 0 Å². The average Bonchev–Trinajstić information content (AvgIpc) is 2.15. The van der Waals surface area contributed by atoms with E-state index in [4.69, 9.17) is 27.9 Å². The third-order valence-electron chi connectivity index (χ3n) is 1.64. The van der Waals surface area contributed by atoms with Crippen molar-refractivity contribution in [3.8, 4) is 0 Å². The Morgan fingerprint density at radius 1 is 1.67 bits per heavy atom. The van der Waals surface area contributed by atoms with Crippen LogP contribution in [0.2, 0.25) is 5.15 Å². The number of pyridine rings is 1. The number of hydrogen-bond acceptors (Lipinski definition) is 3. The van der Waals surface area contributed by atoms with Gasteiger partial charge in [0.25, 0.3) is 0 Å². The lowest BCUT2D eigenvalue weighted by Crippen LogP contribution is -2.20. The highest BCUT2D eigenvalue weighted by atomic mass is 79.9. The van der Waals surface area contributed by atoms with Crippen molar-refractivity contribution in [3.05, 3.63) is 27.5 Å². The van der Waals surface area contributed by atoms with Crippen molar-refractivity contribution in [1.29, 1.82) is 0 Å². The average molecular weight is 313 g/mol. The molecule has 1 unspecified atom stereocenters. The number of nitrogens with zero attached hydrogens (tertiary/aromatic N) is 1. The van der Waals surface area contributed by atoms with Crippen LogP contribution in [0.25, 0.3) is 0 Å². The fourth-order valence-corrected chi connectivity index (χ4v) is 2.01. The van der Waals surface area contributed by atoms with Crippen molar-refractivity contribution in [2.75, 3.05) is 13.7 Å². The van der Waals surface area contributed by atoms with Crippen LogP contribution < -0.4 is 0 Å². The highest BCUT2D eigenvalue weighted by Crippen LogP contribution is 2.18. The van der Waals surface area contributed by atoms with Gasteiger partial charge in [0.2, 0.25) is 0 Å². The van der Waals surface area contributed by atoms with E-state index in [0.29, 0.717) is 10.2 Å². The molecule has 0 N–H and O–H groups in total. The number of ketones is 1. The molecule has 0 aliphatic heterocycles. The number of halogens is 3. The number of aromatic nitrogens is 1. The van der Waals surface area contributed by atoms with Gasteiger partial charge in [-0.25, -0.2) is 4.98 Å². The summed E-state index contributed by atoms with van der Waals surface area (Å²) in [5.41, 5.74) is 0.416. The van der Waals surface area contributed by atoms with Crippen LogP contribution in [-0.2, 0) is 4.74 Å². The van der Waals surface area contributed by atoms with Crippen LogP contribution >= 0.6 is 39.1 Å². The Kier molecular flexibility index (Phi) is 4.99. The van der Waals surface area contributed by atoms with E-state index in [-0.39, 0.29) is 17.5 Å². The highest BCUT2D eigenvalue weighted by molar-refractivity contribution is 9.10. The fraction of sp³-hybridized carbons (Fsp3) is 0.333. The third kappa shape index (κ3) is 3.72. The molecule has 6 heteroatoms. The van der Waals surface area contributed by atoms with Crippen molar-refractivity contribution in [1.82, 2.24) is 4.98 Å². The summed E-state index contributed by atoms with van der Waals surface area (Å²) >= 11 is 14.7. The molecule has 0 bridgehead atoms. The van der Waals surface area contributed by atoms with Gasteiger partial charge in [0.15, 0.2) is 5.78 Å². The highest BCUT2D eigenvalue weighted by Gasteiger charge is 2.18. The minimum absolute atomic E-state index is 0.165. The number of Topliss-reactive ketones (excluding diaryl/α,β-unsaturated/α-hetero) is 1. The second-order valence-electron chi connectivity index (χ2n) is 2.79. The predicted octanol–water partition coefficient (Wildman–Crippen LogP) is 2.93. The molecule has 0 aliphatic rings. The first-order valence-electron chi connectivity index (χ1n) is 4.05. The van der Waals surface area contributed by atoms with Crippen LogP contribution in [0.4, 0.5) is 0 Å². The third-order valence-corrected chi connectivity index (χ3v) is 2.57. The zero-order valence-electron chi connectivity index (χ0n) is 7.84. The minimum atomic E-state index is -0.708. The summed E-state index contributed by atoms with van der Waals surface area (Å²) < 4.78 is 5.29. The largest absolute Gasteiger partial charge is 0.383 e. The first kappa shape index (κ1) is 12.9. The van der Waals surface area contributed by atoms with Gasteiger partial charge in [-0.2, -0.15) is 0 Å². The molecule has 0 saturated carbocycles. The van der Waals surface area contributed by atoms with Gasteiger partial charge in [-0.05, 0) is 28.1 Å². The number of hydrogen-bond donors (Lipinski definition) is 0. The zero-order chi connectivity index (χ0) is 11.4. The summed E-state index contributed by atoms with van der Waals surface area (Å²) in [6, 6.07) is 3.04. The van der Waals surface area contributed by atoms with Crippen LogP contribution in [-0.4, -0.2) is 29.9 Å². The Balaban J connectivity index is 2.90. The van der Waals surface area contributed by atoms with Crippen LogP contribution in [0, 0.1) is 0 Å². The normalized spacial score (nSPS) is 12.5. The fourth-order valence-electron chi connectivity index (χ4n) is 1.01. The first-order chi connectivity index (χ1) is 7.04. The van der Waals surface area contributed by atoms with E-state index in [1.165, 1.54) is 13.2 Å². The van der Waals surface area contributed by atoms with E-state index in [0.717, 1.165) is 0 Å². The molecule has 0 saturated heterocycles. The van der Waals surface area contributed by atoms with E-state index >= 15 is 0 Å². The van der Waals surface area contributed by atoms with Gasteiger partial charge in [0, 0.05) is 12.7 Å². The van der Waals surface area contributed by atoms with Crippen LogP contribution in [0.3, 0.4) is 0 Å². The maximum absolute atomic E-state index is 11.7. The van der Waals surface area contributed by atoms with Crippen LogP contribution in [0.1, 0.15) is 10.4 Å². The molecular formula is C9H8BrCl2NO2. The molecule has 0 aliphatic carbocycles. The number of rotatable bonds is 4. The molecule has 0 amide bonds. The maximum atomic E-state index is 11.7. The molecule has 1 atom stereocenters. The topological polar surface area (TPSA) is 39.2 Å². The van der Waals surface area contributed by atoms with Gasteiger partial charge in [-0.3, -0.25) is 4.79 Å². The van der Waals surface area contributed by atoms with Crippen molar-refractivity contribution in [2.45, 2.75) is 5.38 Å². The minimum Gasteiger partial charge on any atom is -0.383 e. The molecular weight excluding hydrogens is 305 g/mol. The van der Waals surface area contributed by atoms with Gasteiger partial charge in [-0.15, -0.1) is 11.6 Å². The number of ether oxygens (including phenoxy) is 1. The SMILES string of the molecule is COCC(Cl)C(=O)c1cc(Cl)nc(Br)c1. The molecule has 82 valence electrons.